The number of piperazine rings is 1. The fraction of sp³-hybridized carbons (Fsp3) is 0.941. The van der Waals surface area contributed by atoms with Crippen LogP contribution in [0.5, 0.6) is 0 Å². The van der Waals surface area contributed by atoms with Gasteiger partial charge in [-0.3, -0.25) is 9.69 Å². The highest BCUT2D eigenvalue weighted by atomic mass is 35.5. The smallest absolute Gasteiger partial charge is 0.227 e. The van der Waals surface area contributed by atoms with Crippen molar-refractivity contribution >= 4 is 30.7 Å². The van der Waals surface area contributed by atoms with Crippen molar-refractivity contribution in [1.82, 2.24) is 9.80 Å². The lowest BCUT2D eigenvalue weighted by atomic mass is 9.84. The average Bonchev–Trinajstić information content (AvgIpc) is 3.24. The average molecular weight is 364 g/mol. The Balaban J connectivity index is 0.000000960. The Bertz CT molecular complexity index is 407. The predicted octanol–water partition coefficient (Wildman–Crippen LogP) is 2.29. The Morgan fingerprint density at radius 3 is 2.04 bits per heavy atom. The highest BCUT2D eigenvalue weighted by Crippen LogP contribution is 2.48. The Morgan fingerprint density at radius 1 is 0.870 bits per heavy atom. The molecule has 0 aromatic heterocycles. The molecule has 0 spiro atoms. The van der Waals surface area contributed by atoms with Crippen LogP contribution in [-0.2, 0) is 4.79 Å². The van der Waals surface area contributed by atoms with Crippen molar-refractivity contribution in [3.05, 3.63) is 0 Å². The minimum atomic E-state index is 0. The molecule has 23 heavy (non-hydrogen) atoms. The molecule has 1 heterocycles. The lowest BCUT2D eigenvalue weighted by Crippen LogP contribution is -2.55. The summed E-state index contributed by atoms with van der Waals surface area (Å²) in [4.78, 5) is 17.6. The second kappa shape index (κ2) is 7.90. The van der Waals surface area contributed by atoms with Crippen LogP contribution < -0.4 is 5.73 Å². The van der Waals surface area contributed by atoms with Crippen molar-refractivity contribution < 1.29 is 4.79 Å². The third-order valence-electron chi connectivity index (χ3n) is 6.73. The van der Waals surface area contributed by atoms with E-state index in [1.54, 1.807) is 0 Å². The van der Waals surface area contributed by atoms with E-state index < -0.39 is 0 Å². The van der Waals surface area contributed by atoms with Crippen molar-refractivity contribution in [3.8, 4) is 0 Å². The summed E-state index contributed by atoms with van der Waals surface area (Å²) in [5.41, 5.74) is 6.34. The van der Waals surface area contributed by atoms with Gasteiger partial charge >= 0.3 is 0 Å². The Hall–Kier alpha value is -0.0300. The van der Waals surface area contributed by atoms with E-state index in [1.807, 2.05) is 0 Å². The second-order valence-electron chi connectivity index (χ2n) is 7.74. The predicted molar refractivity (Wildman–Crippen MR) is 97.2 cm³/mol. The monoisotopic (exact) mass is 363 g/mol. The van der Waals surface area contributed by atoms with Gasteiger partial charge in [-0.15, -0.1) is 24.8 Å². The van der Waals surface area contributed by atoms with Crippen molar-refractivity contribution in [2.45, 2.75) is 57.0 Å². The summed E-state index contributed by atoms with van der Waals surface area (Å²) in [6, 6.07) is 0.941. The summed E-state index contributed by atoms with van der Waals surface area (Å²) in [6.45, 7) is 4.00. The number of rotatable bonds is 2. The zero-order valence-electron chi connectivity index (χ0n) is 13.9. The van der Waals surface area contributed by atoms with Crippen LogP contribution in [-0.4, -0.2) is 54.0 Å². The quantitative estimate of drug-likeness (QED) is 0.818. The van der Waals surface area contributed by atoms with Crippen LogP contribution in [0.25, 0.3) is 0 Å². The molecule has 1 saturated heterocycles. The molecule has 0 aromatic rings. The SMILES string of the molecule is Cl.Cl.NC1C2CCC(C2)C1C(=O)N1CCN(C2CCCC2)CC1. The molecular formula is C17H31Cl2N3O. The first-order chi connectivity index (χ1) is 10.2. The van der Waals surface area contributed by atoms with Crippen molar-refractivity contribution in [3.63, 3.8) is 0 Å². The number of carbonyl (C=O) groups excluding carboxylic acids is 1. The number of nitrogens with zero attached hydrogens (tertiary/aromatic N) is 2. The zero-order valence-corrected chi connectivity index (χ0v) is 15.5. The molecule has 6 heteroatoms. The molecule has 4 aliphatic rings. The summed E-state index contributed by atoms with van der Waals surface area (Å²) < 4.78 is 0. The zero-order chi connectivity index (χ0) is 14.4. The molecule has 1 aliphatic heterocycles. The van der Waals surface area contributed by atoms with Crippen LogP contribution in [0.2, 0.25) is 0 Å². The molecule has 2 N–H and O–H groups in total. The van der Waals surface area contributed by atoms with Crippen molar-refractivity contribution in [1.29, 1.82) is 0 Å². The van der Waals surface area contributed by atoms with Crippen LogP contribution in [0.4, 0.5) is 0 Å². The minimum absolute atomic E-state index is 0. The molecule has 1 amide bonds. The third kappa shape index (κ3) is 3.51. The van der Waals surface area contributed by atoms with Crippen molar-refractivity contribution in [2.75, 3.05) is 26.2 Å². The molecule has 2 bridgehead atoms. The first kappa shape index (κ1) is 19.3. The second-order valence-corrected chi connectivity index (χ2v) is 7.74. The number of carbonyl (C=O) groups is 1. The standard InChI is InChI=1S/C17H29N3O.2ClH/c18-16-13-6-5-12(11-13)15(16)17(21)20-9-7-19(8-10-20)14-3-1-2-4-14;;/h12-16H,1-11,18H2;2*1H. The highest BCUT2D eigenvalue weighted by molar-refractivity contribution is 5.85. The van der Waals surface area contributed by atoms with Crippen LogP contribution in [0.1, 0.15) is 44.9 Å². The van der Waals surface area contributed by atoms with E-state index >= 15 is 0 Å². The van der Waals surface area contributed by atoms with E-state index in [2.05, 4.69) is 9.80 Å². The molecule has 134 valence electrons. The molecular weight excluding hydrogens is 333 g/mol. The lowest BCUT2D eigenvalue weighted by molar-refractivity contribution is -0.139. The van der Waals surface area contributed by atoms with Gasteiger partial charge in [-0.05, 0) is 43.9 Å². The first-order valence-electron chi connectivity index (χ1n) is 9.02. The number of hydrogen-bond acceptors (Lipinski definition) is 3. The summed E-state index contributed by atoms with van der Waals surface area (Å²) in [6.07, 6.45) is 9.21. The van der Waals surface area contributed by atoms with Crippen LogP contribution >= 0.6 is 24.8 Å². The molecule has 4 nitrogen and oxygen atoms in total. The first-order valence-corrected chi connectivity index (χ1v) is 9.02. The maximum Gasteiger partial charge on any atom is 0.227 e. The molecule has 0 aromatic carbocycles. The van der Waals surface area contributed by atoms with Gasteiger partial charge in [-0.1, -0.05) is 12.8 Å². The van der Waals surface area contributed by atoms with Gasteiger partial charge < -0.3 is 10.6 Å². The maximum absolute atomic E-state index is 12.9. The molecule has 3 aliphatic carbocycles. The molecule has 0 radical (unpaired) electrons. The van der Waals surface area contributed by atoms with Gasteiger partial charge in [-0.2, -0.15) is 0 Å². The number of hydrogen-bond donors (Lipinski definition) is 1. The summed E-state index contributed by atoms with van der Waals surface area (Å²) in [5.74, 6) is 1.73. The van der Waals surface area contributed by atoms with Gasteiger partial charge in [0.15, 0.2) is 0 Å². The fourth-order valence-electron chi connectivity index (χ4n) is 5.49. The Labute approximate surface area is 152 Å². The maximum atomic E-state index is 12.9. The van der Waals surface area contributed by atoms with Gasteiger partial charge in [0, 0.05) is 38.3 Å². The molecule has 4 rings (SSSR count). The number of fused-ring (bicyclic) bond motifs is 2. The molecule has 4 atom stereocenters. The third-order valence-corrected chi connectivity index (χ3v) is 6.73. The Morgan fingerprint density at radius 2 is 1.48 bits per heavy atom. The van der Waals surface area contributed by atoms with E-state index in [9.17, 15) is 4.79 Å². The van der Waals surface area contributed by atoms with Gasteiger partial charge in [-0.25, -0.2) is 0 Å². The Kier molecular flexibility index (Phi) is 6.63. The van der Waals surface area contributed by atoms with Gasteiger partial charge in [0.2, 0.25) is 5.91 Å². The van der Waals surface area contributed by atoms with E-state index in [1.165, 1.54) is 44.9 Å². The van der Waals surface area contributed by atoms with E-state index in [0.29, 0.717) is 17.7 Å². The fourth-order valence-corrected chi connectivity index (χ4v) is 5.49. The topological polar surface area (TPSA) is 49.6 Å². The summed E-state index contributed by atoms with van der Waals surface area (Å²) in [7, 11) is 0. The van der Waals surface area contributed by atoms with Gasteiger partial charge in [0.1, 0.15) is 0 Å². The van der Waals surface area contributed by atoms with E-state index in [4.69, 9.17) is 5.73 Å². The number of amides is 1. The molecule has 3 saturated carbocycles. The van der Waals surface area contributed by atoms with Gasteiger partial charge in [0.25, 0.3) is 0 Å². The molecule has 4 unspecified atom stereocenters. The van der Waals surface area contributed by atoms with Crippen LogP contribution in [0, 0.1) is 17.8 Å². The number of halogens is 2. The van der Waals surface area contributed by atoms with E-state index in [-0.39, 0.29) is 36.8 Å². The molecule has 4 fully saturated rings. The number of nitrogens with two attached hydrogens (primary N) is 1. The highest BCUT2D eigenvalue weighted by Gasteiger charge is 2.50. The van der Waals surface area contributed by atoms with Crippen molar-refractivity contribution in [2.24, 2.45) is 23.5 Å². The van der Waals surface area contributed by atoms with Gasteiger partial charge in [0.05, 0.1) is 5.92 Å². The lowest BCUT2D eigenvalue weighted by Gasteiger charge is -2.40. The summed E-state index contributed by atoms with van der Waals surface area (Å²) >= 11 is 0. The normalized spacial score (nSPS) is 37.5. The minimum Gasteiger partial charge on any atom is -0.340 e. The van der Waals surface area contributed by atoms with E-state index in [0.717, 1.165) is 32.2 Å². The largest absolute Gasteiger partial charge is 0.340 e. The van der Waals surface area contributed by atoms with Crippen LogP contribution in [0.15, 0.2) is 0 Å². The van der Waals surface area contributed by atoms with Crippen LogP contribution in [0.3, 0.4) is 0 Å². The summed E-state index contributed by atoms with van der Waals surface area (Å²) in [5, 5.41) is 0.